The van der Waals surface area contributed by atoms with Gasteiger partial charge in [0.15, 0.2) is 0 Å². The van der Waals surface area contributed by atoms with Gasteiger partial charge in [-0.15, -0.1) is 5.11 Å². The predicted molar refractivity (Wildman–Crippen MR) is 71.6 cm³/mol. The number of ether oxygens (including phenoxy) is 1. The summed E-state index contributed by atoms with van der Waals surface area (Å²) in [4.78, 5) is 0. The van der Waals surface area contributed by atoms with Crippen molar-refractivity contribution in [1.29, 1.82) is 0 Å². The Balaban J connectivity index is 1.90. The van der Waals surface area contributed by atoms with E-state index in [0.717, 1.165) is 11.1 Å². The van der Waals surface area contributed by atoms with Gasteiger partial charge in [-0.25, -0.2) is 0 Å². The highest BCUT2D eigenvalue weighted by molar-refractivity contribution is 5.83. The Morgan fingerprint density at radius 3 is 2.50 bits per heavy atom. The molecule has 0 N–H and O–H groups in total. The van der Waals surface area contributed by atoms with Gasteiger partial charge in [-0.05, 0) is 36.8 Å². The molecule has 3 heteroatoms. The molecule has 1 heterocycles. The van der Waals surface area contributed by atoms with Crippen LogP contribution in [-0.2, 0) is 0 Å². The van der Waals surface area contributed by atoms with E-state index in [1.54, 1.807) is 0 Å². The highest BCUT2D eigenvalue weighted by Gasteiger charge is 2.21. The lowest BCUT2D eigenvalue weighted by molar-refractivity contribution is 0.419. The second kappa shape index (κ2) is 3.95. The second-order valence-corrected chi connectivity index (χ2v) is 4.95. The molecule has 0 spiro atoms. The van der Waals surface area contributed by atoms with Crippen LogP contribution in [0.4, 0.5) is 0 Å². The summed E-state index contributed by atoms with van der Waals surface area (Å²) >= 11 is 0. The maximum atomic E-state index is 5.72. The standard InChI is InChI=1S/C15H14N2O/c1-15(2)10-14(16-17-15)18-13-8-7-11-5-3-4-6-12(11)9-13/h3-10H,1-2H3. The van der Waals surface area contributed by atoms with Gasteiger partial charge < -0.3 is 4.74 Å². The van der Waals surface area contributed by atoms with Crippen LogP contribution in [0, 0.1) is 0 Å². The van der Waals surface area contributed by atoms with Crippen LogP contribution in [0.2, 0.25) is 0 Å². The molecule has 0 atom stereocenters. The van der Waals surface area contributed by atoms with E-state index >= 15 is 0 Å². The molecular weight excluding hydrogens is 224 g/mol. The lowest BCUT2D eigenvalue weighted by Gasteiger charge is -2.06. The van der Waals surface area contributed by atoms with Crippen molar-refractivity contribution >= 4 is 10.8 Å². The van der Waals surface area contributed by atoms with Gasteiger partial charge in [0.05, 0.1) is 5.54 Å². The number of nitrogens with zero attached hydrogens (tertiary/aromatic N) is 2. The molecule has 0 aromatic heterocycles. The molecule has 0 aliphatic carbocycles. The van der Waals surface area contributed by atoms with Gasteiger partial charge in [0, 0.05) is 6.08 Å². The summed E-state index contributed by atoms with van der Waals surface area (Å²) in [5.41, 5.74) is -0.258. The SMILES string of the molecule is CC1(C)C=C(Oc2ccc3ccccc3c2)N=N1. The Kier molecular flexibility index (Phi) is 2.40. The summed E-state index contributed by atoms with van der Waals surface area (Å²) in [6, 6.07) is 14.2. The number of benzene rings is 2. The Labute approximate surface area is 106 Å². The highest BCUT2D eigenvalue weighted by atomic mass is 16.5. The average Bonchev–Trinajstić information content (AvgIpc) is 2.68. The maximum Gasteiger partial charge on any atom is 0.236 e. The number of fused-ring (bicyclic) bond motifs is 1. The van der Waals surface area contributed by atoms with Crippen molar-refractivity contribution in [2.75, 3.05) is 0 Å². The predicted octanol–water partition coefficient (Wildman–Crippen LogP) is 4.30. The van der Waals surface area contributed by atoms with Gasteiger partial charge >= 0.3 is 0 Å². The van der Waals surface area contributed by atoms with E-state index in [1.807, 2.05) is 50.3 Å². The number of azo groups is 1. The van der Waals surface area contributed by atoms with Crippen molar-refractivity contribution in [3.8, 4) is 5.75 Å². The fraction of sp³-hybridized carbons (Fsp3) is 0.200. The molecule has 0 saturated heterocycles. The van der Waals surface area contributed by atoms with Crippen LogP contribution in [-0.4, -0.2) is 5.54 Å². The van der Waals surface area contributed by atoms with E-state index in [2.05, 4.69) is 22.4 Å². The molecule has 3 rings (SSSR count). The quantitative estimate of drug-likeness (QED) is 0.767. The Morgan fingerprint density at radius 2 is 1.78 bits per heavy atom. The molecule has 90 valence electrons. The van der Waals surface area contributed by atoms with Crippen molar-refractivity contribution in [3.05, 3.63) is 54.4 Å². The van der Waals surface area contributed by atoms with Crippen molar-refractivity contribution in [3.63, 3.8) is 0 Å². The summed E-state index contributed by atoms with van der Waals surface area (Å²) in [6.07, 6.45) is 1.92. The van der Waals surface area contributed by atoms with Gasteiger partial charge in [-0.1, -0.05) is 30.3 Å². The molecule has 1 aliphatic heterocycles. The molecule has 3 nitrogen and oxygen atoms in total. The molecule has 18 heavy (non-hydrogen) atoms. The first-order valence-electron chi connectivity index (χ1n) is 5.95. The summed E-state index contributed by atoms with van der Waals surface area (Å²) in [5.74, 6) is 1.35. The van der Waals surface area contributed by atoms with Crippen LogP contribution >= 0.6 is 0 Å². The Morgan fingerprint density at radius 1 is 1.00 bits per heavy atom. The topological polar surface area (TPSA) is 34.0 Å². The van der Waals surface area contributed by atoms with E-state index < -0.39 is 0 Å². The zero-order chi connectivity index (χ0) is 12.6. The van der Waals surface area contributed by atoms with Crippen molar-refractivity contribution in [2.45, 2.75) is 19.4 Å². The largest absolute Gasteiger partial charge is 0.438 e. The lowest BCUT2D eigenvalue weighted by Crippen LogP contribution is -2.08. The normalized spacial score (nSPS) is 16.9. The molecule has 0 bridgehead atoms. The van der Waals surface area contributed by atoms with Crippen LogP contribution in [0.1, 0.15) is 13.8 Å². The summed E-state index contributed by atoms with van der Waals surface area (Å²) < 4.78 is 5.72. The van der Waals surface area contributed by atoms with E-state index in [1.165, 1.54) is 5.39 Å². The molecule has 0 amide bonds. The smallest absolute Gasteiger partial charge is 0.236 e. The molecule has 2 aromatic rings. The van der Waals surface area contributed by atoms with Crippen molar-refractivity contribution in [2.24, 2.45) is 10.2 Å². The summed E-state index contributed by atoms with van der Waals surface area (Å²) in [6.45, 7) is 3.99. The third-order valence-corrected chi connectivity index (χ3v) is 2.83. The number of hydrogen-bond donors (Lipinski definition) is 0. The first kappa shape index (κ1) is 11.0. The third-order valence-electron chi connectivity index (χ3n) is 2.83. The summed E-state index contributed by atoms with van der Waals surface area (Å²) in [5, 5.41) is 10.5. The molecular formula is C15H14N2O. The fourth-order valence-corrected chi connectivity index (χ4v) is 1.94. The van der Waals surface area contributed by atoms with Gasteiger partial charge in [0.25, 0.3) is 0 Å². The molecule has 0 fully saturated rings. The van der Waals surface area contributed by atoms with Crippen LogP contribution in [0.3, 0.4) is 0 Å². The minimum Gasteiger partial charge on any atom is -0.438 e. The number of hydrogen-bond acceptors (Lipinski definition) is 3. The first-order valence-corrected chi connectivity index (χ1v) is 5.95. The van der Waals surface area contributed by atoms with E-state index in [4.69, 9.17) is 4.74 Å². The Bertz CT molecular complexity index is 656. The van der Waals surface area contributed by atoms with Gasteiger partial charge in [-0.3, -0.25) is 0 Å². The fourth-order valence-electron chi connectivity index (χ4n) is 1.94. The molecule has 2 aromatic carbocycles. The third kappa shape index (κ3) is 2.12. The minimum absolute atomic E-state index is 0.258. The molecule has 0 radical (unpaired) electrons. The highest BCUT2D eigenvalue weighted by Crippen LogP contribution is 2.27. The van der Waals surface area contributed by atoms with Gasteiger partial charge in [0.2, 0.25) is 5.88 Å². The van der Waals surface area contributed by atoms with E-state index in [9.17, 15) is 0 Å². The molecule has 1 aliphatic rings. The van der Waals surface area contributed by atoms with Crippen LogP contribution < -0.4 is 4.74 Å². The molecule has 0 saturated carbocycles. The maximum absolute atomic E-state index is 5.72. The lowest BCUT2D eigenvalue weighted by atomic mass is 10.1. The zero-order valence-electron chi connectivity index (χ0n) is 10.4. The zero-order valence-corrected chi connectivity index (χ0v) is 10.4. The molecule has 0 unspecified atom stereocenters. The minimum atomic E-state index is -0.258. The Hall–Kier alpha value is -2.16. The van der Waals surface area contributed by atoms with Crippen molar-refractivity contribution in [1.82, 2.24) is 0 Å². The first-order chi connectivity index (χ1) is 8.62. The van der Waals surface area contributed by atoms with E-state index in [0.29, 0.717) is 5.88 Å². The second-order valence-electron chi connectivity index (χ2n) is 4.95. The average molecular weight is 238 g/mol. The summed E-state index contributed by atoms with van der Waals surface area (Å²) in [7, 11) is 0. The van der Waals surface area contributed by atoms with Gasteiger partial charge in [0.1, 0.15) is 5.75 Å². The number of rotatable bonds is 2. The van der Waals surface area contributed by atoms with Crippen LogP contribution in [0.15, 0.2) is 64.7 Å². The van der Waals surface area contributed by atoms with Crippen LogP contribution in [0.5, 0.6) is 5.75 Å². The van der Waals surface area contributed by atoms with Crippen LogP contribution in [0.25, 0.3) is 10.8 Å². The van der Waals surface area contributed by atoms with Crippen molar-refractivity contribution < 1.29 is 4.74 Å². The van der Waals surface area contributed by atoms with Gasteiger partial charge in [-0.2, -0.15) is 5.11 Å². The van der Waals surface area contributed by atoms with E-state index in [-0.39, 0.29) is 5.54 Å². The monoisotopic (exact) mass is 238 g/mol.